The van der Waals surface area contributed by atoms with Crippen molar-refractivity contribution in [1.82, 2.24) is 60.0 Å². The van der Waals surface area contributed by atoms with Crippen LogP contribution in [0.15, 0.2) is 0 Å². The fourth-order valence-corrected chi connectivity index (χ4v) is 17.1. The standard InChI is InChI=1S/C74H116F8N12O14/c1-13-43(3)61-69(104)88(7)42-59(97)90(9)53-23-16-15-19-33-93(68(53)103)56(37-44-24-27-47(28-25-44)73(77,78)79)67(102)87(6)41-57(95)83-51(29-26-45-35-49(75)60(50(76)36-45)74(80,81)82)65(100)94-40-48(108-14-2)38-54(94)64(99)85-72(31-20-32-72)71(106)92(11)62(46-21-17-18-22-46)70(105)91(10)55(66(101)86(4)5)39-58(96)89(8)52(30-34-107-12)63(98)84-61/h43-56,60-62H,13-42H2,1-12H3,(H,83,95)(H,84,98)(H,85,99)/t43-,44?,45?,47?,48+,49?,50?,51-,52-,53-,54-,55-,56-,60?,61-,62-/m0/s1. The Balaban J connectivity index is 1.32. The van der Waals surface area contributed by atoms with Crippen LogP contribution in [-0.4, -0.2) is 303 Å². The van der Waals surface area contributed by atoms with E-state index in [1.165, 1.54) is 78.2 Å². The van der Waals surface area contributed by atoms with Gasteiger partial charge >= 0.3 is 12.4 Å². The quantitative estimate of drug-likeness (QED) is 0.180. The number of hydrogen-bond donors (Lipinski definition) is 3. The van der Waals surface area contributed by atoms with Crippen LogP contribution >= 0.6 is 0 Å². The number of nitrogens with one attached hydrogen (secondary N) is 3. The number of rotatable bonds is 14. The molecule has 34 heteroatoms. The fraction of sp³-hybridized carbons (Fsp3) is 0.838. The maximum Gasteiger partial charge on any atom is 0.397 e. The first-order valence-corrected chi connectivity index (χ1v) is 38.5. The molecule has 4 aliphatic carbocycles. The molecule has 1 spiro atoms. The molecule has 3 aliphatic heterocycles. The van der Waals surface area contributed by atoms with Gasteiger partial charge in [0.25, 0.3) is 0 Å². The number of fused-ring (bicyclic) bond motifs is 3. The highest BCUT2D eigenvalue weighted by atomic mass is 19.4. The molecule has 108 heavy (non-hydrogen) atoms. The van der Waals surface area contributed by atoms with Gasteiger partial charge < -0.3 is 69.5 Å². The number of methoxy groups -OCH3 is 1. The predicted molar refractivity (Wildman–Crippen MR) is 378 cm³/mol. The van der Waals surface area contributed by atoms with E-state index in [1.54, 1.807) is 20.8 Å². The topological polar surface area (TPSA) is 289 Å². The Hall–Kier alpha value is -7.00. The number of carbonyl (C=O) groups is 12. The maximum atomic E-state index is 15.5. The molecule has 12 atom stereocenters. The smallest absolute Gasteiger partial charge is 0.385 e. The lowest BCUT2D eigenvalue weighted by atomic mass is 9.74. The van der Waals surface area contributed by atoms with E-state index in [4.69, 9.17) is 9.47 Å². The third-order valence-corrected chi connectivity index (χ3v) is 24.1. The van der Waals surface area contributed by atoms with Gasteiger partial charge in [-0.25, -0.2) is 8.78 Å². The van der Waals surface area contributed by atoms with Crippen molar-refractivity contribution >= 4 is 70.9 Å². The Morgan fingerprint density at radius 1 is 0.611 bits per heavy atom. The third-order valence-electron chi connectivity index (χ3n) is 24.1. The molecular formula is C74H116F8N12O14. The van der Waals surface area contributed by atoms with Crippen molar-refractivity contribution in [2.45, 2.75) is 260 Å². The molecule has 0 aromatic carbocycles. The van der Waals surface area contributed by atoms with E-state index in [9.17, 15) is 55.1 Å². The van der Waals surface area contributed by atoms with Gasteiger partial charge in [0.2, 0.25) is 70.9 Å². The molecule has 2 unspecified atom stereocenters. The summed E-state index contributed by atoms with van der Waals surface area (Å²) >= 11 is 0. The second-order valence-electron chi connectivity index (χ2n) is 31.7. The average molecular weight is 1550 g/mol. The van der Waals surface area contributed by atoms with Gasteiger partial charge in [-0.3, -0.25) is 57.5 Å². The normalized spacial score (nSPS) is 31.8. The third kappa shape index (κ3) is 21.4. The zero-order valence-corrected chi connectivity index (χ0v) is 64.8. The first-order valence-electron chi connectivity index (χ1n) is 38.5. The first kappa shape index (κ1) is 88.2. The maximum absolute atomic E-state index is 15.5. The Bertz CT molecular complexity index is 3160. The van der Waals surface area contributed by atoms with Crippen molar-refractivity contribution < 1.29 is 102 Å². The summed E-state index contributed by atoms with van der Waals surface area (Å²) in [6.45, 7) is 3.23. The molecule has 3 heterocycles. The lowest BCUT2D eigenvalue weighted by Crippen LogP contribution is -2.68. The van der Waals surface area contributed by atoms with E-state index in [0.717, 1.165) is 29.4 Å². The molecule has 7 fully saturated rings. The fourth-order valence-electron chi connectivity index (χ4n) is 17.1. The monoisotopic (exact) mass is 1550 g/mol. The summed E-state index contributed by atoms with van der Waals surface area (Å²) in [5.41, 5.74) is -1.70. The van der Waals surface area contributed by atoms with E-state index < -0.39 is 230 Å². The summed E-state index contributed by atoms with van der Waals surface area (Å²) in [4.78, 5) is 191. The summed E-state index contributed by atoms with van der Waals surface area (Å²) in [5, 5.41) is 8.36. The minimum absolute atomic E-state index is 0.00438. The van der Waals surface area contributed by atoms with Crippen molar-refractivity contribution in [3.63, 3.8) is 0 Å². The van der Waals surface area contributed by atoms with Crippen LogP contribution < -0.4 is 16.0 Å². The van der Waals surface area contributed by atoms with Crippen LogP contribution in [0.1, 0.15) is 175 Å². The second-order valence-corrected chi connectivity index (χ2v) is 31.7. The summed E-state index contributed by atoms with van der Waals surface area (Å²) < 4.78 is 127. The molecule has 7 rings (SSSR count). The van der Waals surface area contributed by atoms with Crippen molar-refractivity contribution in [2.24, 2.45) is 35.5 Å². The summed E-state index contributed by atoms with van der Waals surface area (Å²) in [5.74, 6) is -16.9. The second kappa shape index (κ2) is 38.3. The van der Waals surface area contributed by atoms with Crippen LogP contribution in [-0.2, 0) is 67.0 Å². The molecule has 7 aliphatic rings. The molecule has 3 N–H and O–H groups in total. The number of nitrogens with zero attached hydrogens (tertiary/aromatic N) is 9. The van der Waals surface area contributed by atoms with Gasteiger partial charge in [-0.05, 0) is 133 Å². The average Bonchev–Trinajstić information content (AvgIpc) is 1.80. The molecule has 612 valence electrons. The van der Waals surface area contributed by atoms with Gasteiger partial charge in [-0.1, -0.05) is 46.0 Å². The van der Waals surface area contributed by atoms with Crippen LogP contribution in [0.3, 0.4) is 0 Å². The summed E-state index contributed by atoms with van der Waals surface area (Å²) in [7, 11) is 12.2. The molecule has 26 nitrogen and oxygen atoms in total. The minimum Gasteiger partial charge on any atom is -0.385 e. The van der Waals surface area contributed by atoms with Crippen LogP contribution in [0.2, 0.25) is 0 Å². The van der Waals surface area contributed by atoms with Crippen LogP contribution in [0.5, 0.6) is 0 Å². The highest BCUT2D eigenvalue weighted by Crippen LogP contribution is 2.46. The van der Waals surface area contributed by atoms with Gasteiger partial charge in [0.05, 0.1) is 31.5 Å². The van der Waals surface area contributed by atoms with E-state index in [2.05, 4.69) is 16.0 Å². The number of halogens is 8. The lowest BCUT2D eigenvalue weighted by molar-refractivity contribution is -0.219. The van der Waals surface area contributed by atoms with Crippen molar-refractivity contribution in [3.8, 4) is 0 Å². The number of alkyl halides is 8. The molecular weight excluding hydrogens is 1430 g/mol. The number of hydrogen-bond acceptors (Lipinski definition) is 14. The molecule has 3 saturated heterocycles. The number of ether oxygens (including phenoxy) is 2. The van der Waals surface area contributed by atoms with Gasteiger partial charge in [0.1, 0.15) is 72.1 Å². The number of likely N-dealkylation sites (N-methyl/N-ethyl adjacent to an activating group) is 7. The highest BCUT2D eigenvalue weighted by Gasteiger charge is 2.56. The van der Waals surface area contributed by atoms with Gasteiger partial charge in [-0.2, -0.15) is 26.3 Å². The summed E-state index contributed by atoms with van der Waals surface area (Å²) in [6.07, 6.45) is -15.6. The van der Waals surface area contributed by atoms with Gasteiger partial charge in [0, 0.05) is 103 Å². The van der Waals surface area contributed by atoms with Gasteiger partial charge in [-0.15, -0.1) is 0 Å². The van der Waals surface area contributed by atoms with E-state index in [1.807, 2.05) is 0 Å². The minimum atomic E-state index is -5.22. The van der Waals surface area contributed by atoms with Crippen molar-refractivity contribution in [2.75, 3.05) is 103 Å². The molecule has 0 aromatic rings. The van der Waals surface area contributed by atoms with E-state index in [0.29, 0.717) is 57.8 Å². The number of carbonyl (C=O) groups excluding carboxylic acids is 12. The Morgan fingerprint density at radius 3 is 1.80 bits per heavy atom. The van der Waals surface area contributed by atoms with Crippen molar-refractivity contribution in [1.29, 1.82) is 0 Å². The molecule has 12 amide bonds. The molecule has 2 bridgehead atoms. The first-order chi connectivity index (χ1) is 50.7. The van der Waals surface area contributed by atoms with Crippen LogP contribution in [0.4, 0.5) is 35.1 Å². The Kier molecular flexibility index (Phi) is 31.3. The van der Waals surface area contributed by atoms with E-state index in [-0.39, 0.29) is 96.9 Å². The van der Waals surface area contributed by atoms with Gasteiger partial charge in [0.15, 0.2) is 0 Å². The largest absolute Gasteiger partial charge is 0.397 e. The SMILES string of the molecule is CCO[C@@H]1C[C@H]2C(=O)NC3(CCC3)C(=O)N(C)[C@@H](C3CCCC3)C(=O)N(C)[C@H](C(=O)N(C)C)CC(=O)N(C)[C@@H](CCOC)C(=O)N[C@@H]([C@@H](C)CC)C(=O)N(C)CC(=O)N(C)[C@H]3CCCCCN(C3=O)[C@@H](CC3CCC(C(F)(F)F)CC3)C(=O)N(C)CC(=O)N[C@@H](CCC3CC(F)C(C(F)(F)F)C(F)C3)C(=O)N2C1. The highest BCUT2D eigenvalue weighted by molar-refractivity contribution is 6.01. The summed E-state index contributed by atoms with van der Waals surface area (Å²) in [6, 6.07) is -11.4. The Labute approximate surface area is 628 Å². The van der Waals surface area contributed by atoms with E-state index >= 15 is 37.5 Å². The lowest BCUT2D eigenvalue weighted by Gasteiger charge is -2.46. The Morgan fingerprint density at radius 2 is 1.23 bits per heavy atom. The number of amides is 12. The zero-order valence-electron chi connectivity index (χ0n) is 64.8. The molecule has 0 aromatic heterocycles. The molecule has 0 radical (unpaired) electrons. The predicted octanol–water partition coefficient (Wildman–Crippen LogP) is 5.57. The zero-order chi connectivity index (χ0) is 80.2. The van der Waals surface area contributed by atoms with Crippen molar-refractivity contribution in [3.05, 3.63) is 0 Å². The van der Waals surface area contributed by atoms with Crippen LogP contribution in [0.25, 0.3) is 0 Å². The molecule has 4 saturated carbocycles. The van der Waals surface area contributed by atoms with Crippen LogP contribution in [0, 0.1) is 35.5 Å².